The van der Waals surface area contributed by atoms with Crippen LogP contribution < -0.4 is 5.32 Å². The van der Waals surface area contributed by atoms with E-state index < -0.39 is 0 Å². The maximum atomic E-state index is 11.9. The molecule has 1 amide bonds. The number of hydrogen-bond acceptors (Lipinski definition) is 5. The molecule has 1 fully saturated rings. The molecule has 1 aromatic heterocycles. The van der Waals surface area contributed by atoms with E-state index in [4.69, 9.17) is 4.42 Å². The molecule has 1 aromatic carbocycles. The lowest BCUT2D eigenvalue weighted by Gasteiger charge is -2.13. The minimum Gasteiger partial charge on any atom is -0.416 e. The van der Waals surface area contributed by atoms with Crippen molar-refractivity contribution in [2.24, 2.45) is 0 Å². The molecule has 0 bridgehead atoms. The number of carbonyl (C=O) groups is 1. The fraction of sp³-hybridized carbons (Fsp3) is 0.400. The van der Waals surface area contributed by atoms with Gasteiger partial charge in [-0.05, 0) is 25.3 Å². The lowest BCUT2D eigenvalue weighted by atomic mass is 10.1. The number of amides is 1. The van der Waals surface area contributed by atoms with Crippen LogP contribution in [-0.2, 0) is 4.79 Å². The molecule has 0 unspecified atom stereocenters. The van der Waals surface area contributed by atoms with Crippen LogP contribution in [0.4, 0.5) is 0 Å². The third-order valence-corrected chi connectivity index (χ3v) is 4.17. The first kappa shape index (κ1) is 14.1. The Balaban J connectivity index is 1.47. The Kier molecular flexibility index (Phi) is 4.24. The monoisotopic (exact) mass is 303 g/mol. The molecule has 1 saturated carbocycles. The van der Waals surface area contributed by atoms with Crippen molar-refractivity contribution in [2.45, 2.75) is 36.9 Å². The van der Waals surface area contributed by atoms with Gasteiger partial charge in [0.1, 0.15) is 0 Å². The average molecular weight is 303 g/mol. The minimum absolute atomic E-state index is 0.0102. The van der Waals surface area contributed by atoms with Crippen LogP contribution in [0.2, 0.25) is 0 Å². The third-order valence-electron chi connectivity index (χ3n) is 3.35. The van der Waals surface area contributed by atoms with Crippen LogP contribution in [0.3, 0.4) is 0 Å². The van der Waals surface area contributed by atoms with Crippen LogP contribution in [0.15, 0.2) is 40.0 Å². The molecule has 21 heavy (non-hydrogen) atoms. The number of hydrogen-bond donors (Lipinski definition) is 1. The Morgan fingerprint density at radius 3 is 2.86 bits per heavy atom. The van der Waals surface area contributed by atoms with Gasteiger partial charge in [0.05, 0.1) is 11.8 Å². The summed E-state index contributed by atoms with van der Waals surface area (Å²) < 4.78 is 5.51. The Hall–Kier alpha value is -1.82. The molecule has 5 nitrogen and oxygen atoms in total. The Bertz CT molecular complexity index is 610. The van der Waals surface area contributed by atoms with Crippen LogP contribution in [-0.4, -0.2) is 21.9 Å². The van der Waals surface area contributed by atoms with Gasteiger partial charge in [-0.25, -0.2) is 0 Å². The fourth-order valence-corrected chi connectivity index (χ4v) is 2.59. The number of thioether (sulfide) groups is 1. The summed E-state index contributed by atoms with van der Waals surface area (Å²) in [5, 5.41) is 11.4. The quantitative estimate of drug-likeness (QED) is 0.831. The van der Waals surface area contributed by atoms with Crippen LogP contribution in [0, 0.1) is 0 Å². The number of nitrogens with one attached hydrogen (secondary N) is 1. The molecule has 6 heteroatoms. The molecule has 3 rings (SSSR count). The molecule has 110 valence electrons. The maximum Gasteiger partial charge on any atom is 0.277 e. The lowest BCUT2D eigenvalue weighted by molar-refractivity contribution is -0.119. The van der Waals surface area contributed by atoms with Gasteiger partial charge >= 0.3 is 0 Å². The summed E-state index contributed by atoms with van der Waals surface area (Å²) in [4.78, 5) is 11.9. The Labute approximate surface area is 127 Å². The molecule has 1 aliphatic rings. The minimum atomic E-state index is -0.0393. The summed E-state index contributed by atoms with van der Waals surface area (Å²) in [5.41, 5.74) is 1.09. The molecule has 0 radical (unpaired) electrons. The molecule has 0 spiro atoms. The second-order valence-electron chi connectivity index (χ2n) is 5.17. The molecule has 0 saturated heterocycles. The highest BCUT2D eigenvalue weighted by Crippen LogP contribution is 2.39. The van der Waals surface area contributed by atoms with Crippen molar-refractivity contribution in [1.82, 2.24) is 15.5 Å². The first-order valence-electron chi connectivity index (χ1n) is 7.03. The number of nitrogens with zero attached hydrogens (tertiary/aromatic N) is 2. The van der Waals surface area contributed by atoms with Crippen LogP contribution in [0.25, 0.3) is 0 Å². The molecule has 1 heterocycles. The molecule has 2 aromatic rings. The number of aromatic nitrogens is 2. The van der Waals surface area contributed by atoms with Gasteiger partial charge in [-0.1, -0.05) is 42.1 Å². The highest BCUT2D eigenvalue weighted by Gasteiger charge is 2.29. The third kappa shape index (κ3) is 3.85. The van der Waals surface area contributed by atoms with Gasteiger partial charge in [-0.3, -0.25) is 4.79 Å². The van der Waals surface area contributed by atoms with Crippen LogP contribution in [0.5, 0.6) is 0 Å². The van der Waals surface area contributed by atoms with Crippen molar-refractivity contribution in [3.8, 4) is 0 Å². The van der Waals surface area contributed by atoms with Crippen molar-refractivity contribution >= 4 is 17.7 Å². The molecule has 0 aliphatic heterocycles. The molecule has 1 atom stereocenters. The smallest absolute Gasteiger partial charge is 0.277 e. The SMILES string of the molecule is C[C@H](NC(=O)CSc1nnc(C2CC2)o1)c1ccccc1. The van der Waals surface area contributed by atoms with Crippen molar-refractivity contribution in [2.75, 3.05) is 5.75 Å². The Morgan fingerprint density at radius 1 is 1.38 bits per heavy atom. The fourth-order valence-electron chi connectivity index (χ4n) is 2.01. The van der Waals surface area contributed by atoms with E-state index in [9.17, 15) is 4.79 Å². The molecule has 1 N–H and O–H groups in total. The number of rotatable bonds is 6. The van der Waals surface area contributed by atoms with Crippen molar-refractivity contribution in [1.29, 1.82) is 0 Å². The largest absolute Gasteiger partial charge is 0.416 e. The predicted molar refractivity (Wildman–Crippen MR) is 80.0 cm³/mol. The predicted octanol–water partition coefficient (Wildman–Crippen LogP) is 2.92. The van der Waals surface area contributed by atoms with E-state index in [-0.39, 0.29) is 17.7 Å². The summed E-state index contributed by atoms with van der Waals surface area (Å²) in [6.07, 6.45) is 2.25. The lowest BCUT2D eigenvalue weighted by Crippen LogP contribution is -2.28. The molecule has 1 aliphatic carbocycles. The van der Waals surface area contributed by atoms with Gasteiger partial charge in [0.15, 0.2) is 0 Å². The van der Waals surface area contributed by atoms with Crippen LogP contribution in [0.1, 0.15) is 43.2 Å². The van der Waals surface area contributed by atoms with E-state index in [1.54, 1.807) is 0 Å². The zero-order chi connectivity index (χ0) is 14.7. The zero-order valence-corrected chi connectivity index (χ0v) is 12.6. The van der Waals surface area contributed by atoms with Crippen molar-refractivity contribution < 1.29 is 9.21 Å². The second kappa shape index (κ2) is 6.30. The maximum absolute atomic E-state index is 11.9. The topological polar surface area (TPSA) is 68.0 Å². The van der Waals surface area contributed by atoms with Gasteiger partial charge < -0.3 is 9.73 Å². The highest BCUT2D eigenvalue weighted by atomic mass is 32.2. The summed E-state index contributed by atoms with van der Waals surface area (Å²) in [6, 6.07) is 9.87. The van der Waals surface area contributed by atoms with Gasteiger partial charge in [-0.15, -0.1) is 10.2 Å². The van der Waals surface area contributed by atoms with Gasteiger partial charge in [0.25, 0.3) is 5.22 Å². The van der Waals surface area contributed by atoms with Gasteiger partial charge in [0.2, 0.25) is 11.8 Å². The number of carbonyl (C=O) groups excluding carboxylic acids is 1. The first-order chi connectivity index (χ1) is 10.2. The van der Waals surface area contributed by atoms with Crippen molar-refractivity contribution in [3.63, 3.8) is 0 Å². The van der Waals surface area contributed by atoms with E-state index in [0.717, 1.165) is 18.4 Å². The van der Waals surface area contributed by atoms with E-state index >= 15 is 0 Å². The van der Waals surface area contributed by atoms with E-state index in [1.165, 1.54) is 11.8 Å². The summed E-state index contributed by atoms with van der Waals surface area (Å²) >= 11 is 1.28. The summed E-state index contributed by atoms with van der Waals surface area (Å²) in [6.45, 7) is 1.97. The second-order valence-corrected chi connectivity index (χ2v) is 6.10. The van der Waals surface area contributed by atoms with Crippen LogP contribution >= 0.6 is 11.8 Å². The van der Waals surface area contributed by atoms with Crippen molar-refractivity contribution in [3.05, 3.63) is 41.8 Å². The summed E-state index contributed by atoms with van der Waals surface area (Å²) in [7, 11) is 0. The van der Waals surface area contributed by atoms with Gasteiger partial charge in [0, 0.05) is 5.92 Å². The van der Waals surface area contributed by atoms with E-state index in [1.807, 2.05) is 37.3 Å². The molecular formula is C15H17N3O2S. The highest BCUT2D eigenvalue weighted by molar-refractivity contribution is 7.99. The normalized spacial score (nSPS) is 15.7. The zero-order valence-electron chi connectivity index (χ0n) is 11.8. The first-order valence-corrected chi connectivity index (χ1v) is 8.01. The van der Waals surface area contributed by atoms with E-state index in [0.29, 0.717) is 17.0 Å². The number of benzene rings is 1. The average Bonchev–Trinajstić information content (AvgIpc) is 3.25. The standard InChI is InChI=1S/C15H17N3O2S/c1-10(11-5-3-2-4-6-11)16-13(19)9-21-15-18-17-14(20-15)12-7-8-12/h2-6,10,12H,7-9H2,1H3,(H,16,19)/t10-/m0/s1. The summed E-state index contributed by atoms with van der Waals surface area (Å²) in [5.74, 6) is 1.39. The van der Waals surface area contributed by atoms with Gasteiger partial charge in [-0.2, -0.15) is 0 Å². The van der Waals surface area contributed by atoms with E-state index in [2.05, 4.69) is 15.5 Å². The Morgan fingerprint density at radius 2 is 2.14 bits per heavy atom. The molecular weight excluding hydrogens is 286 g/mol.